The van der Waals surface area contributed by atoms with E-state index in [1.165, 1.54) is 11.6 Å². The molecule has 2 N–H and O–H groups in total. The summed E-state index contributed by atoms with van der Waals surface area (Å²) in [5, 5.41) is 8.07. The van der Waals surface area contributed by atoms with Crippen molar-refractivity contribution in [3.8, 4) is 11.5 Å². The van der Waals surface area contributed by atoms with Crippen LogP contribution in [0.4, 0.5) is 5.82 Å². The summed E-state index contributed by atoms with van der Waals surface area (Å²) in [6.07, 6.45) is 0. The first kappa shape index (κ1) is 26.1. The minimum Gasteiger partial charge on any atom is -0.497 e. The molecule has 186 valence electrons. The standard InChI is InChI=1S/C12H13ClN2O3S.C12H15N3O/c1-9-7-12(19(13,16)17)14-15(9)8-10-3-5-11(18-2)6-4-10;1-9-7-12(13)14-15(9)8-10-3-5-11(16-2)6-4-10/h3-7H,8H2,1-2H3;3-7H,8H2,1-2H3,(H2,13,14). The number of ether oxygens (including phenoxy) is 2. The SMILES string of the molecule is COc1ccc(Cn2nc(N)cc2C)cc1.COc1ccc(Cn2nc(S(=O)(=O)Cl)cc2C)cc1. The molecule has 2 heterocycles. The predicted molar refractivity (Wildman–Crippen MR) is 136 cm³/mol. The zero-order chi connectivity index (χ0) is 25.6. The second-order valence-corrected chi connectivity index (χ2v) is 10.3. The van der Waals surface area contributed by atoms with Crippen molar-refractivity contribution in [1.82, 2.24) is 19.6 Å². The molecule has 0 saturated carbocycles. The number of halogens is 1. The Labute approximate surface area is 209 Å². The Bertz CT molecular complexity index is 1360. The summed E-state index contributed by atoms with van der Waals surface area (Å²) in [5.41, 5.74) is 9.59. The van der Waals surface area contributed by atoms with Gasteiger partial charge in [-0.3, -0.25) is 9.36 Å². The topological polar surface area (TPSA) is 114 Å². The van der Waals surface area contributed by atoms with E-state index in [1.54, 1.807) is 25.8 Å². The number of benzene rings is 2. The molecule has 9 nitrogen and oxygen atoms in total. The smallest absolute Gasteiger partial charge is 0.280 e. The van der Waals surface area contributed by atoms with Gasteiger partial charge in [0.05, 0.1) is 27.3 Å². The molecule has 0 bridgehead atoms. The number of methoxy groups -OCH3 is 2. The second-order valence-electron chi connectivity index (χ2n) is 7.78. The van der Waals surface area contributed by atoms with Gasteiger partial charge in [-0.15, -0.1) is 0 Å². The van der Waals surface area contributed by atoms with Crippen LogP contribution in [0.3, 0.4) is 0 Å². The van der Waals surface area contributed by atoms with Crippen LogP contribution in [0.5, 0.6) is 11.5 Å². The number of nitrogen functional groups attached to an aromatic ring is 1. The molecule has 2 aromatic carbocycles. The van der Waals surface area contributed by atoms with Gasteiger partial charge in [0.1, 0.15) is 17.3 Å². The normalized spacial score (nSPS) is 11.0. The maximum Gasteiger partial charge on any atom is 0.280 e. The lowest BCUT2D eigenvalue weighted by atomic mass is 10.2. The zero-order valence-corrected chi connectivity index (χ0v) is 21.5. The van der Waals surface area contributed by atoms with Crippen molar-refractivity contribution >= 4 is 25.6 Å². The summed E-state index contributed by atoms with van der Waals surface area (Å²) in [7, 11) is 4.74. The van der Waals surface area contributed by atoms with Crippen molar-refractivity contribution in [2.24, 2.45) is 0 Å². The monoisotopic (exact) mass is 517 g/mol. The Balaban J connectivity index is 0.000000198. The fourth-order valence-electron chi connectivity index (χ4n) is 3.26. The molecule has 0 atom stereocenters. The Hall–Kier alpha value is -3.50. The van der Waals surface area contributed by atoms with Crippen LogP contribution in [-0.4, -0.2) is 42.2 Å². The predicted octanol–water partition coefficient (Wildman–Crippen LogP) is 4.01. The van der Waals surface area contributed by atoms with E-state index in [0.717, 1.165) is 35.0 Å². The van der Waals surface area contributed by atoms with Gasteiger partial charge in [0.25, 0.3) is 9.05 Å². The Morgan fingerprint density at radius 1 is 0.800 bits per heavy atom. The van der Waals surface area contributed by atoms with Crippen LogP contribution in [0.15, 0.2) is 65.7 Å². The van der Waals surface area contributed by atoms with Crippen molar-refractivity contribution in [2.45, 2.75) is 32.0 Å². The summed E-state index contributed by atoms with van der Waals surface area (Å²) >= 11 is 0. The highest BCUT2D eigenvalue weighted by Crippen LogP contribution is 2.17. The summed E-state index contributed by atoms with van der Waals surface area (Å²) in [5.74, 6) is 2.19. The second kappa shape index (κ2) is 11.3. The molecule has 2 aromatic heterocycles. The van der Waals surface area contributed by atoms with Crippen molar-refractivity contribution in [2.75, 3.05) is 20.0 Å². The molecular formula is C24H28ClN5O4S. The number of hydrogen-bond acceptors (Lipinski definition) is 7. The van der Waals surface area contributed by atoms with E-state index >= 15 is 0 Å². The molecule has 0 saturated heterocycles. The number of rotatable bonds is 7. The number of aromatic nitrogens is 4. The van der Waals surface area contributed by atoms with Crippen LogP contribution < -0.4 is 15.2 Å². The third kappa shape index (κ3) is 7.24. The van der Waals surface area contributed by atoms with E-state index in [4.69, 9.17) is 25.9 Å². The third-order valence-electron chi connectivity index (χ3n) is 5.19. The molecule has 4 rings (SSSR count). The first-order chi connectivity index (χ1) is 16.6. The quantitative estimate of drug-likeness (QED) is 0.368. The fourth-order valence-corrected chi connectivity index (χ4v) is 4.00. The molecular weight excluding hydrogens is 490 g/mol. The van der Waals surface area contributed by atoms with Gasteiger partial charge in [-0.2, -0.15) is 10.2 Å². The first-order valence-corrected chi connectivity index (χ1v) is 12.9. The van der Waals surface area contributed by atoms with Crippen LogP contribution in [-0.2, 0) is 22.1 Å². The Morgan fingerprint density at radius 3 is 1.57 bits per heavy atom. The molecule has 0 unspecified atom stereocenters. The van der Waals surface area contributed by atoms with E-state index in [0.29, 0.717) is 12.4 Å². The van der Waals surface area contributed by atoms with Crippen molar-refractivity contribution in [1.29, 1.82) is 0 Å². The maximum absolute atomic E-state index is 11.2. The maximum atomic E-state index is 11.2. The van der Waals surface area contributed by atoms with Crippen molar-refractivity contribution in [3.05, 3.63) is 83.2 Å². The lowest BCUT2D eigenvalue weighted by molar-refractivity contribution is 0.414. The molecule has 0 aliphatic rings. The molecule has 0 fully saturated rings. The highest BCUT2D eigenvalue weighted by molar-refractivity contribution is 8.13. The van der Waals surface area contributed by atoms with Crippen LogP contribution in [0, 0.1) is 13.8 Å². The number of aryl methyl sites for hydroxylation is 2. The summed E-state index contributed by atoms with van der Waals surface area (Å²) in [4.78, 5) is 0. The molecule has 0 amide bonds. The van der Waals surface area contributed by atoms with E-state index in [1.807, 2.05) is 66.2 Å². The van der Waals surface area contributed by atoms with Crippen molar-refractivity contribution in [3.63, 3.8) is 0 Å². The average Bonchev–Trinajstić information content (AvgIpc) is 3.35. The van der Waals surface area contributed by atoms with E-state index in [9.17, 15) is 8.42 Å². The van der Waals surface area contributed by atoms with E-state index in [2.05, 4.69) is 10.2 Å². The molecule has 0 spiro atoms. The fraction of sp³-hybridized carbons (Fsp3) is 0.250. The van der Waals surface area contributed by atoms with E-state index < -0.39 is 9.05 Å². The molecule has 0 radical (unpaired) electrons. The Morgan fingerprint density at radius 2 is 1.23 bits per heavy atom. The van der Waals surface area contributed by atoms with Crippen LogP contribution in [0.2, 0.25) is 0 Å². The molecule has 11 heteroatoms. The zero-order valence-electron chi connectivity index (χ0n) is 20.0. The number of nitrogens with zero attached hydrogens (tertiary/aromatic N) is 4. The van der Waals surface area contributed by atoms with Gasteiger partial charge < -0.3 is 15.2 Å². The van der Waals surface area contributed by atoms with Crippen LogP contribution >= 0.6 is 10.7 Å². The van der Waals surface area contributed by atoms with Crippen LogP contribution in [0.25, 0.3) is 0 Å². The highest BCUT2D eigenvalue weighted by atomic mass is 35.7. The van der Waals surface area contributed by atoms with Crippen LogP contribution in [0.1, 0.15) is 22.5 Å². The largest absolute Gasteiger partial charge is 0.497 e. The minimum absolute atomic E-state index is 0.125. The summed E-state index contributed by atoms with van der Waals surface area (Å²) in [6.45, 7) is 4.98. The number of nitrogens with two attached hydrogens (primary N) is 1. The van der Waals surface area contributed by atoms with Gasteiger partial charge in [-0.05, 0) is 55.3 Å². The summed E-state index contributed by atoms with van der Waals surface area (Å²) < 4.78 is 36.1. The highest BCUT2D eigenvalue weighted by Gasteiger charge is 2.16. The summed E-state index contributed by atoms with van der Waals surface area (Å²) in [6, 6.07) is 18.7. The van der Waals surface area contributed by atoms with Gasteiger partial charge in [0, 0.05) is 28.1 Å². The van der Waals surface area contributed by atoms with E-state index in [-0.39, 0.29) is 5.03 Å². The van der Waals surface area contributed by atoms with Gasteiger partial charge >= 0.3 is 0 Å². The number of hydrogen-bond donors (Lipinski definition) is 1. The van der Waals surface area contributed by atoms with Gasteiger partial charge in [-0.1, -0.05) is 24.3 Å². The lowest BCUT2D eigenvalue weighted by Gasteiger charge is -2.05. The lowest BCUT2D eigenvalue weighted by Crippen LogP contribution is -2.04. The minimum atomic E-state index is -3.79. The molecule has 35 heavy (non-hydrogen) atoms. The number of anilines is 1. The van der Waals surface area contributed by atoms with Gasteiger partial charge in [0.15, 0.2) is 5.03 Å². The Kier molecular flexibility index (Phi) is 8.42. The average molecular weight is 518 g/mol. The third-order valence-corrected chi connectivity index (χ3v) is 6.36. The van der Waals surface area contributed by atoms with Gasteiger partial charge in [0.2, 0.25) is 0 Å². The van der Waals surface area contributed by atoms with Crippen molar-refractivity contribution < 1.29 is 17.9 Å². The molecule has 4 aromatic rings. The molecule has 0 aliphatic heterocycles. The first-order valence-electron chi connectivity index (χ1n) is 10.6. The molecule has 0 aliphatic carbocycles. The van der Waals surface area contributed by atoms with Gasteiger partial charge in [-0.25, -0.2) is 8.42 Å².